The number of likely N-dealkylation sites (tertiary alicyclic amines) is 1. The van der Waals surface area contributed by atoms with Crippen LogP contribution in [0.2, 0.25) is 0 Å². The molecule has 0 N–H and O–H groups in total. The Balaban J connectivity index is 1.35. The molecule has 0 aliphatic carbocycles. The molecule has 6 nitrogen and oxygen atoms in total. The monoisotopic (exact) mass is 547 g/mol. The number of hydrogen-bond donors (Lipinski definition) is 0. The van der Waals surface area contributed by atoms with Crippen LogP contribution in [0.3, 0.4) is 0 Å². The van der Waals surface area contributed by atoms with Gasteiger partial charge < -0.3 is 14.2 Å². The zero-order chi connectivity index (χ0) is 24.7. The van der Waals surface area contributed by atoms with Crippen LogP contribution in [0.1, 0.15) is 42.0 Å². The van der Waals surface area contributed by atoms with Crippen molar-refractivity contribution >= 4 is 21.6 Å². The largest absolute Gasteiger partial charge is 0.497 e. The molecule has 0 aromatic heterocycles. The van der Waals surface area contributed by atoms with E-state index in [4.69, 9.17) is 19.3 Å². The van der Waals surface area contributed by atoms with Gasteiger partial charge in [0.05, 0.1) is 26.0 Å². The van der Waals surface area contributed by atoms with E-state index in [1.165, 1.54) is 5.56 Å². The summed E-state index contributed by atoms with van der Waals surface area (Å²) >= 11 is 3.67. The van der Waals surface area contributed by atoms with E-state index < -0.39 is 5.72 Å². The van der Waals surface area contributed by atoms with E-state index in [-0.39, 0.29) is 6.04 Å². The summed E-state index contributed by atoms with van der Waals surface area (Å²) < 4.78 is 19.1. The molecular weight excluding hydrogens is 518 g/mol. The molecule has 7 heteroatoms. The molecule has 3 heterocycles. The van der Waals surface area contributed by atoms with Crippen molar-refractivity contribution in [2.24, 2.45) is 5.10 Å². The second-order valence-corrected chi connectivity index (χ2v) is 10.6. The SMILES string of the molecule is COc1cccc(C2=NN3[C@H](C2)c2cc(Br)cc(OC)c2OC32CCN(Cc3ccccc3)CC2)c1. The molecule has 0 unspecified atom stereocenters. The quantitative estimate of drug-likeness (QED) is 0.392. The lowest BCUT2D eigenvalue weighted by Gasteiger charge is -2.51. The molecule has 1 atom stereocenters. The van der Waals surface area contributed by atoms with E-state index in [0.29, 0.717) is 0 Å². The molecule has 36 heavy (non-hydrogen) atoms. The number of nitrogens with zero attached hydrogens (tertiary/aromatic N) is 3. The number of methoxy groups -OCH3 is 2. The second-order valence-electron chi connectivity index (χ2n) is 9.68. The van der Waals surface area contributed by atoms with Crippen molar-refractivity contribution in [1.29, 1.82) is 0 Å². The summed E-state index contributed by atoms with van der Waals surface area (Å²) in [6.45, 7) is 2.83. The first-order valence-electron chi connectivity index (χ1n) is 12.4. The molecule has 3 aromatic rings. The van der Waals surface area contributed by atoms with Crippen molar-refractivity contribution in [3.8, 4) is 17.2 Å². The smallest absolute Gasteiger partial charge is 0.200 e. The fraction of sp³-hybridized carbons (Fsp3) is 0.345. The van der Waals surface area contributed by atoms with Crippen molar-refractivity contribution in [2.45, 2.75) is 37.6 Å². The lowest BCUT2D eigenvalue weighted by Crippen LogP contribution is -2.59. The Morgan fingerprint density at radius 3 is 2.56 bits per heavy atom. The highest BCUT2D eigenvalue weighted by Crippen LogP contribution is 2.53. The molecule has 186 valence electrons. The summed E-state index contributed by atoms with van der Waals surface area (Å²) in [5.41, 5.74) is 4.09. The minimum atomic E-state index is -0.507. The van der Waals surface area contributed by atoms with E-state index >= 15 is 0 Å². The highest BCUT2D eigenvalue weighted by Gasteiger charge is 2.52. The van der Waals surface area contributed by atoms with Crippen LogP contribution in [0.5, 0.6) is 17.2 Å². The third kappa shape index (κ3) is 4.14. The zero-order valence-electron chi connectivity index (χ0n) is 20.6. The second kappa shape index (κ2) is 9.45. The van der Waals surface area contributed by atoms with E-state index in [0.717, 1.165) is 77.5 Å². The molecule has 0 amide bonds. The first-order chi connectivity index (χ1) is 17.6. The average Bonchev–Trinajstić information content (AvgIpc) is 3.38. The standard InChI is InChI=1S/C29H30BrN3O3/c1-34-23-10-6-9-21(15-23)25-18-26-24-16-22(30)17-27(35-2)28(24)36-29(33(26)31-25)11-13-32(14-12-29)19-20-7-4-3-5-8-20/h3-10,15-17,26H,11-14,18-19H2,1-2H3/t26-/m1/s1. The van der Waals surface area contributed by atoms with Crippen LogP contribution in [0.4, 0.5) is 0 Å². The number of rotatable bonds is 5. The van der Waals surface area contributed by atoms with Gasteiger partial charge in [0.15, 0.2) is 11.5 Å². The van der Waals surface area contributed by atoms with Gasteiger partial charge in [0.1, 0.15) is 5.75 Å². The van der Waals surface area contributed by atoms with Crippen molar-refractivity contribution in [2.75, 3.05) is 27.3 Å². The summed E-state index contributed by atoms with van der Waals surface area (Å²) in [4.78, 5) is 2.51. The molecule has 3 aromatic carbocycles. The number of benzene rings is 3. The molecule has 6 rings (SSSR count). The summed E-state index contributed by atoms with van der Waals surface area (Å²) in [5.74, 6) is 2.45. The molecule has 1 saturated heterocycles. The highest BCUT2D eigenvalue weighted by atomic mass is 79.9. The first kappa shape index (κ1) is 23.4. The third-order valence-corrected chi connectivity index (χ3v) is 7.99. The number of hydrazone groups is 1. The van der Waals surface area contributed by atoms with Crippen molar-refractivity contribution < 1.29 is 14.2 Å². The number of hydrogen-bond acceptors (Lipinski definition) is 6. The molecule has 0 saturated carbocycles. The Labute approximate surface area is 220 Å². The number of piperidine rings is 1. The minimum Gasteiger partial charge on any atom is -0.497 e. The molecule has 0 bridgehead atoms. The molecule has 1 spiro atoms. The van der Waals surface area contributed by atoms with E-state index in [1.54, 1.807) is 14.2 Å². The zero-order valence-corrected chi connectivity index (χ0v) is 22.2. The van der Waals surface area contributed by atoms with Gasteiger partial charge in [0.25, 0.3) is 0 Å². The van der Waals surface area contributed by atoms with Crippen molar-refractivity contribution in [3.63, 3.8) is 0 Å². The summed E-state index contributed by atoms with van der Waals surface area (Å²) in [7, 11) is 3.41. The van der Waals surface area contributed by atoms with Gasteiger partial charge in [-0.3, -0.25) is 4.90 Å². The minimum absolute atomic E-state index is 0.0852. The highest BCUT2D eigenvalue weighted by molar-refractivity contribution is 9.10. The summed E-state index contributed by atoms with van der Waals surface area (Å²) in [6.07, 6.45) is 2.53. The van der Waals surface area contributed by atoms with Gasteiger partial charge in [-0.15, -0.1) is 0 Å². The van der Waals surface area contributed by atoms with E-state index in [2.05, 4.69) is 74.4 Å². The van der Waals surface area contributed by atoms with Gasteiger partial charge in [0.2, 0.25) is 5.72 Å². The molecule has 1 fully saturated rings. The molecule has 3 aliphatic heterocycles. The predicted molar refractivity (Wildman–Crippen MR) is 144 cm³/mol. The Hall–Kier alpha value is -3.03. The lowest BCUT2D eigenvalue weighted by molar-refractivity contribution is -0.151. The van der Waals surface area contributed by atoms with Gasteiger partial charge >= 0.3 is 0 Å². The number of fused-ring (bicyclic) bond motifs is 4. The third-order valence-electron chi connectivity index (χ3n) is 7.54. The average molecular weight is 548 g/mol. The van der Waals surface area contributed by atoms with Gasteiger partial charge in [-0.25, -0.2) is 5.01 Å². The van der Waals surface area contributed by atoms with Crippen molar-refractivity contribution in [1.82, 2.24) is 9.91 Å². The van der Waals surface area contributed by atoms with Crippen LogP contribution in [0, 0.1) is 0 Å². The van der Waals surface area contributed by atoms with E-state index in [1.807, 2.05) is 18.2 Å². The maximum absolute atomic E-state index is 6.90. The van der Waals surface area contributed by atoms with Gasteiger partial charge in [-0.1, -0.05) is 58.4 Å². The Morgan fingerprint density at radius 2 is 1.81 bits per heavy atom. The molecule has 3 aliphatic rings. The van der Waals surface area contributed by atoms with Crippen LogP contribution >= 0.6 is 15.9 Å². The van der Waals surface area contributed by atoms with Crippen LogP contribution in [0.15, 0.2) is 76.3 Å². The molecule has 0 radical (unpaired) electrons. The molecular formula is C29H30BrN3O3. The normalized spacial score (nSPS) is 20.4. The van der Waals surface area contributed by atoms with Gasteiger partial charge in [-0.05, 0) is 29.8 Å². The van der Waals surface area contributed by atoms with Crippen LogP contribution in [-0.4, -0.2) is 48.7 Å². The number of ether oxygens (including phenoxy) is 3. The van der Waals surface area contributed by atoms with Crippen LogP contribution < -0.4 is 14.2 Å². The number of halogens is 1. The fourth-order valence-corrected chi connectivity index (χ4v) is 6.13. The van der Waals surface area contributed by atoms with Gasteiger partial charge in [-0.2, -0.15) is 5.10 Å². The van der Waals surface area contributed by atoms with Crippen LogP contribution in [0.25, 0.3) is 0 Å². The van der Waals surface area contributed by atoms with Crippen LogP contribution in [-0.2, 0) is 6.54 Å². The predicted octanol–water partition coefficient (Wildman–Crippen LogP) is 6.00. The maximum Gasteiger partial charge on any atom is 0.200 e. The van der Waals surface area contributed by atoms with E-state index in [9.17, 15) is 0 Å². The summed E-state index contributed by atoms with van der Waals surface area (Å²) in [6, 6.07) is 23.1. The lowest BCUT2D eigenvalue weighted by atomic mass is 9.90. The topological polar surface area (TPSA) is 46.5 Å². The Morgan fingerprint density at radius 1 is 1.00 bits per heavy atom. The van der Waals surface area contributed by atoms with Gasteiger partial charge in [0, 0.05) is 54.5 Å². The first-order valence-corrected chi connectivity index (χ1v) is 13.2. The maximum atomic E-state index is 6.90. The Bertz CT molecular complexity index is 1290. The fourth-order valence-electron chi connectivity index (χ4n) is 5.67. The Kier molecular flexibility index (Phi) is 6.13. The van der Waals surface area contributed by atoms with Crippen molar-refractivity contribution in [3.05, 3.63) is 87.9 Å². The summed E-state index contributed by atoms with van der Waals surface area (Å²) in [5, 5.41) is 7.47.